The maximum Gasteiger partial charge on any atom is 0.410 e. The van der Waals surface area contributed by atoms with E-state index >= 15 is 0 Å². The minimum atomic E-state index is -0.516. The van der Waals surface area contributed by atoms with Crippen molar-refractivity contribution in [3.63, 3.8) is 0 Å². The van der Waals surface area contributed by atoms with E-state index in [1.54, 1.807) is 17.0 Å². The summed E-state index contributed by atoms with van der Waals surface area (Å²) < 4.78 is 5.45. The van der Waals surface area contributed by atoms with Gasteiger partial charge in [0, 0.05) is 18.2 Å². The molecular weight excluding hydrogens is 290 g/mol. The number of nitrogens with zero attached hydrogens (tertiary/aromatic N) is 1. The predicted octanol–water partition coefficient (Wildman–Crippen LogP) is 4.05. The number of carbonyl (C=O) groups excluding carboxylic acids is 2. The number of ether oxygens (including phenoxy) is 1. The van der Waals surface area contributed by atoms with Crippen LogP contribution >= 0.6 is 11.6 Å². The van der Waals surface area contributed by atoms with E-state index in [-0.39, 0.29) is 12.1 Å². The molecule has 0 atom stereocenters. The van der Waals surface area contributed by atoms with Gasteiger partial charge in [0.25, 0.3) is 0 Å². The molecule has 0 bridgehead atoms. The smallest absolute Gasteiger partial charge is 0.410 e. The number of benzene rings is 1. The maximum absolute atomic E-state index is 12.3. The molecule has 5 heteroatoms. The molecule has 1 saturated carbocycles. The maximum atomic E-state index is 12.3. The first-order valence-corrected chi connectivity index (χ1v) is 7.41. The lowest BCUT2D eigenvalue weighted by Gasteiger charge is -2.27. The molecule has 0 N–H and O–H groups in total. The van der Waals surface area contributed by atoms with E-state index in [1.165, 1.54) is 0 Å². The zero-order chi connectivity index (χ0) is 15.6. The molecule has 0 heterocycles. The summed E-state index contributed by atoms with van der Waals surface area (Å²) in [5.41, 5.74) is 0.798. The number of hydrogen-bond acceptors (Lipinski definition) is 3. The molecule has 0 saturated heterocycles. The number of halogens is 1. The van der Waals surface area contributed by atoms with Crippen molar-refractivity contribution in [3.8, 4) is 0 Å². The highest BCUT2D eigenvalue weighted by Crippen LogP contribution is 2.30. The topological polar surface area (TPSA) is 46.6 Å². The fourth-order valence-corrected chi connectivity index (χ4v) is 2.19. The van der Waals surface area contributed by atoms with Gasteiger partial charge in [-0.25, -0.2) is 4.79 Å². The van der Waals surface area contributed by atoms with Crippen molar-refractivity contribution >= 4 is 24.0 Å². The second-order valence-electron chi connectivity index (χ2n) is 6.31. The Morgan fingerprint density at radius 3 is 2.62 bits per heavy atom. The molecule has 1 aliphatic rings. The first-order chi connectivity index (χ1) is 9.80. The second kappa shape index (κ2) is 6.06. The van der Waals surface area contributed by atoms with Crippen LogP contribution in [0, 0.1) is 0 Å². The third-order valence-electron chi connectivity index (χ3n) is 3.16. The van der Waals surface area contributed by atoms with Crippen LogP contribution in [0.2, 0.25) is 5.02 Å². The molecule has 1 fully saturated rings. The summed E-state index contributed by atoms with van der Waals surface area (Å²) >= 11 is 5.92. The average Bonchev–Trinajstić information content (AvgIpc) is 3.19. The second-order valence-corrected chi connectivity index (χ2v) is 6.72. The molecule has 0 aromatic heterocycles. The Morgan fingerprint density at radius 2 is 2.10 bits per heavy atom. The molecular formula is C16H20ClNO3. The van der Waals surface area contributed by atoms with Gasteiger partial charge in [-0.05, 0) is 51.3 Å². The van der Waals surface area contributed by atoms with E-state index in [0.29, 0.717) is 17.1 Å². The van der Waals surface area contributed by atoms with Gasteiger partial charge in [0.15, 0.2) is 6.29 Å². The Hall–Kier alpha value is -1.55. The third kappa shape index (κ3) is 4.46. The van der Waals surface area contributed by atoms with Crippen LogP contribution in [-0.2, 0) is 11.3 Å². The summed E-state index contributed by atoms with van der Waals surface area (Å²) in [6.07, 6.45) is 2.40. The van der Waals surface area contributed by atoms with E-state index in [1.807, 2.05) is 26.8 Å². The van der Waals surface area contributed by atoms with Gasteiger partial charge in [-0.3, -0.25) is 4.79 Å². The van der Waals surface area contributed by atoms with Crippen LogP contribution in [0.15, 0.2) is 18.2 Å². The summed E-state index contributed by atoms with van der Waals surface area (Å²) in [6.45, 7) is 5.98. The summed E-state index contributed by atoms with van der Waals surface area (Å²) in [5.74, 6) is 0. The normalized spacial score (nSPS) is 14.7. The summed E-state index contributed by atoms with van der Waals surface area (Å²) in [7, 11) is 0. The average molecular weight is 310 g/mol. The lowest BCUT2D eigenvalue weighted by atomic mass is 10.1. The van der Waals surface area contributed by atoms with Crippen LogP contribution in [0.1, 0.15) is 49.5 Å². The molecule has 0 unspecified atom stereocenters. The van der Waals surface area contributed by atoms with E-state index in [9.17, 15) is 9.59 Å². The first kappa shape index (κ1) is 15.8. The van der Waals surface area contributed by atoms with Crippen molar-refractivity contribution < 1.29 is 14.3 Å². The number of aldehydes is 1. The van der Waals surface area contributed by atoms with Gasteiger partial charge in [-0.1, -0.05) is 17.7 Å². The van der Waals surface area contributed by atoms with Gasteiger partial charge in [0.2, 0.25) is 0 Å². The monoisotopic (exact) mass is 309 g/mol. The Morgan fingerprint density at radius 1 is 1.43 bits per heavy atom. The predicted molar refractivity (Wildman–Crippen MR) is 81.6 cm³/mol. The number of rotatable bonds is 4. The van der Waals surface area contributed by atoms with Crippen LogP contribution in [-0.4, -0.2) is 28.9 Å². The van der Waals surface area contributed by atoms with Crippen molar-refractivity contribution in [3.05, 3.63) is 34.3 Å². The summed E-state index contributed by atoms with van der Waals surface area (Å²) in [6, 6.07) is 5.46. The first-order valence-electron chi connectivity index (χ1n) is 7.03. The fourth-order valence-electron chi connectivity index (χ4n) is 2.03. The lowest BCUT2D eigenvalue weighted by Crippen LogP contribution is -2.37. The van der Waals surface area contributed by atoms with Crippen LogP contribution in [0.5, 0.6) is 0 Å². The highest BCUT2D eigenvalue weighted by atomic mass is 35.5. The van der Waals surface area contributed by atoms with Gasteiger partial charge >= 0.3 is 6.09 Å². The molecule has 1 aromatic rings. The van der Waals surface area contributed by atoms with Crippen molar-refractivity contribution in [1.29, 1.82) is 0 Å². The number of carbonyl (C=O) groups is 2. The van der Waals surface area contributed by atoms with Gasteiger partial charge in [-0.15, -0.1) is 0 Å². The van der Waals surface area contributed by atoms with Crippen LogP contribution in [0.25, 0.3) is 0 Å². The SMILES string of the molecule is CC(C)(C)OC(=O)N(Cc1ccc(Cl)c(C=O)c1)C1CC1. The fraction of sp³-hybridized carbons (Fsp3) is 0.500. The largest absolute Gasteiger partial charge is 0.444 e. The minimum absolute atomic E-state index is 0.232. The Kier molecular flexibility index (Phi) is 4.57. The third-order valence-corrected chi connectivity index (χ3v) is 3.50. The standard InChI is InChI=1S/C16H20ClNO3/c1-16(2,3)21-15(20)18(13-5-6-13)9-11-4-7-14(17)12(8-11)10-19/h4,7-8,10,13H,5-6,9H2,1-3H3. The molecule has 0 aliphatic heterocycles. The molecule has 2 rings (SSSR count). The molecule has 0 radical (unpaired) electrons. The van der Waals surface area contributed by atoms with Crippen LogP contribution < -0.4 is 0 Å². The van der Waals surface area contributed by atoms with E-state index in [2.05, 4.69) is 0 Å². The van der Waals surface area contributed by atoms with Gasteiger partial charge < -0.3 is 9.64 Å². The molecule has 1 aliphatic carbocycles. The zero-order valence-electron chi connectivity index (χ0n) is 12.6. The Balaban J connectivity index is 2.13. The van der Waals surface area contributed by atoms with E-state index in [4.69, 9.17) is 16.3 Å². The Bertz CT molecular complexity index is 547. The van der Waals surface area contributed by atoms with Crippen molar-refractivity contribution in [2.45, 2.75) is 51.8 Å². The van der Waals surface area contributed by atoms with Gasteiger partial charge in [-0.2, -0.15) is 0 Å². The highest BCUT2D eigenvalue weighted by Gasteiger charge is 2.35. The van der Waals surface area contributed by atoms with E-state index in [0.717, 1.165) is 24.7 Å². The summed E-state index contributed by atoms with van der Waals surface area (Å²) in [4.78, 5) is 24.9. The lowest BCUT2D eigenvalue weighted by molar-refractivity contribution is 0.0216. The zero-order valence-corrected chi connectivity index (χ0v) is 13.3. The molecule has 4 nitrogen and oxygen atoms in total. The molecule has 114 valence electrons. The van der Waals surface area contributed by atoms with Gasteiger partial charge in [0.1, 0.15) is 5.60 Å². The van der Waals surface area contributed by atoms with Crippen molar-refractivity contribution in [2.24, 2.45) is 0 Å². The quantitative estimate of drug-likeness (QED) is 0.788. The van der Waals surface area contributed by atoms with E-state index < -0.39 is 5.60 Å². The van der Waals surface area contributed by atoms with Crippen molar-refractivity contribution in [1.82, 2.24) is 4.90 Å². The summed E-state index contributed by atoms with van der Waals surface area (Å²) in [5, 5.41) is 0.420. The molecule has 1 amide bonds. The number of amides is 1. The van der Waals surface area contributed by atoms with Crippen LogP contribution in [0.4, 0.5) is 4.79 Å². The van der Waals surface area contributed by atoms with Crippen molar-refractivity contribution in [2.75, 3.05) is 0 Å². The highest BCUT2D eigenvalue weighted by molar-refractivity contribution is 6.32. The molecule has 21 heavy (non-hydrogen) atoms. The van der Waals surface area contributed by atoms with Crippen LogP contribution in [0.3, 0.4) is 0 Å². The number of hydrogen-bond donors (Lipinski definition) is 0. The van der Waals surface area contributed by atoms with Gasteiger partial charge in [0.05, 0.1) is 5.02 Å². The minimum Gasteiger partial charge on any atom is -0.444 e. The molecule has 1 aromatic carbocycles. The molecule has 0 spiro atoms. The Labute approximate surface area is 130 Å².